The van der Waals surface area contributed by atoms with Gasteiger partial charge in [0.05, 0.1) is 0 Å². The molecule has 0 aromatic carbocycles. The summed E-state index contributed by atoms with van der Waals surface area (Å²) in [5, 5.41) is 0. The van der Waals surface area contributed by atoms with Crippen molar-refractivity contribution in [1.82, 2.24) is 0 Å². The topological polar surface area (TPSA) is 36.9 Å². The Morgan fingerprint density at radius 1 is 1.29 bits per heavy atom. The summed E-state index contributed by atoms with van der Waals surface area (Å²) in [5.74, 6) is 0. The lowest BCUT2D eigenvalue weighted by atomic mass is 10.3. The van der Waals surface area contributed by atoms with Crippen LogP contribution in [-0.2, 0) is 16.8 Å². The van der Waals surface area contributed by atoms with E-state index in [1.165, 1.54) is 0 Å². The van der Waals surface area contributed by atoms with E-state index in [1.807, 2.05) is 19.6 Å². The molecule has 1 heterocycles. The van der Waals surface area contributed by atoms with Gasteiger partial charge in [0.1, 0.15) is 0 Å². The first-order chi connectivity index (χ1) is 6.45. The van der Waals surface area contributed by atoms with Gasteiger partial charge in [0.25, 0.3) is 0 Å². The molecule has 0 aromatic heterocycles. The maximum Gasteiger partial charge on any atom is 0.479 e. The van der Waals surface area contributed by atoms with E-state index < -0.39 is 27.4 Å². The van der Waals surface area contributed by atoms with Gasteiger partial charge in [0.2, 0.25) is 0 Å². The molecule has 3 atom stereocenters. The first kappa shape index (κ1) is 12.6. The zero-order valence-corrected chi connectivity index (χ0v) is 12.9. The molecule has 0 radical (unpaired) electrons. The highest BCUT2D eigenvalue weighted by Gasteiger charge is 2.44. The molecule has 0 bridgehead atoms. The van der Waals surface area contributed by atoms with Gasteiger partial charge in [0, 0.05) is 12.7 Å². The second-order valence-corrected chi connectivity index (χ2v) is 10.9. The SMILES string of the molecule is CCC(C)O[Si]1(C)O[SiH](C)O[SiH](C)O1. The van der Waals surface area contributed by atoms with E-state index in [1.54, 1.807) is 0 Å². The van der Waals surface area contributed by atoms with Crippen molar-refractivity contribution in [2.45, 2.75) is 46.0 Å². The Bertz CT molecular complexity index is 182. The van der Waals surface area contributed by atoms with Crippen molar-refractivity contribution in [1.29, 1.82) is 0 Å². The third-order valence-corrected chi connectivity index (χ3v) is 12.1. The van der Waals surface area contributed by atoms with Crippen molar-refractivity contribution in [3.63, 3.8) is 0 Å². The molecule has 1 fully saturated rings. The molecule has 0 aliphatic carbocycles. The third kappa shape index (κ3) is 3.57. The molecular formula is C7H20O4Si3. The Morgan fingerprint density at radius 3 is 2.21 bits per heavy atom. The lowest BCUT2D eigenvalue weighted by Crippen LogP contribution is -2.57. The number of rotatable bonds is 3. The Labute approximate surface area is 90.6 Å². The first-order valence-electron chi connectivity index (χ1n) is 5.14. The van der Waals surface area contributed by atoms with E-state index in [4.69, 9.17) is 16.8 Å². The average Bonchev–Trinajstić information content (AvgIpc) is 2.00. The summed E-state index contributed by atoms with van der Waals surface area (Å²) >= 11 is 0. The van der Waals surface area contributed by atoms with Crippen molar-refractivity contribution in [2.75, 3.05) is 0 Å². The van der Waals surface area contributed by atoms with Crippen molar-refractivity contribution >= 4 is 27.4 Å². The summed E-state index contributed by atoms with van der Waals surface area (Å²) in [6.07, 6.45) is 1.20. The predicted octanol–water partition coefficient (Wildman–Crippen LogP) is 1.13. The molecule has 1 aliphatic rings. The van der Waals surface area contributed by atoms with Crippen molar-refractivity contribution in [3.8, 4) is 0 Å². The standard InChI is InChI=1S/C7H20O4Si3/c1-6-7(2)8-14(5)10-12(3)9-13(4)11-14/h7,12-13H,6H2,1-5H3. The maximum atomic E-state index is 5.85. The van der Waals surface area contributed by atoms with Crippen LogP contribution >= 0.6 is 0 Å². The molecule has 0 aromatic rings. The van der Waals surface area contributed by atoms with E-state index in [0.717, 1.165) is 6.42 Å². The molecule has 7 heteroatoms. The van der Waals surface area contributed by atoms with Gasteiger partial charge < -0.3 is 16.8 Å². The van der Waals surface area contributed by atoms with Gasteiger partial charge in [-0.3, -0.25) is 0 Å². The minimum atomic E-state index is -2.35. The lowest BCUT2D eigenvalue weighted by molar-refractivity contribution is 0.0903. The van der Waals surface area contributed by atoms with Crippen molar-refractivity contribution in [3.05, 3.63) is 0 Å². The van der Waals surface area contributed by atoms with E-state index in [0.29, 0.717) is 0 Å². The summed E-state index contributed by atoms with van der Waals surface area (Å²) in [5.41, 5.74) is 0. The van der Waals surface area contributed by atoms with Gasteiger partial charge in [-0.2, -0.15) is 0 Å². The highest BCUT2D eigenvalue weighted by molar-refractivity contribution is 6.78. The van der Waals surface area contributed by atoms with Gasteiger partial charge in [-0.25, -0.2) is 0 Å². The second-order valence-electron chi connectivity index (χ2n) is 3.71. The molecule has 1 rings (SSSR count). The molecule has 14 heavy (non-hydrogen) atoms. The number of hydrogen-bond acceptors (Lipinski definition) is 4. The van der Waals surface area contributed by atoms with Crippen LogP contribution in [0.1, 0.15) is 20.3 Å². The largest absolute Gasteiger partial charge is 0.479 e. The fourth-order valence-corrected chi connectivity index (χ4v) is 12.0. The van der Waals surface area contributed by atoms with Gasteiger partial charge in [0.15, 0.2) is 0 Å². The Kier molecular flexibility index (Phi) is 4.50. The van der Waals surface area contributed by atoms with Crippen molar-refractivity contribution < 1.29 is 16.8 Å². The van der Waals surface area contributed by atoms with Crippen LogP contribution in [0.25, 0.3) is 0 Å². The fourth-order valence-electron chi connectivity index (χ4n) is 1.46. The van der Waals surface area contributed by atoms with E-state index in [2.05, 4.69) is 13.8 Å². The van der Waals surface area contributed by atoms with Crippen LogP contribution < -0.4 is 0 Å². The van der Waals surface area contributed by atoms with Crippen LogP contribution in [0.2, 0.25) is 19.6 Å². The summed E-state index contributed by atoms with van der Waals surface area (Å²) in [6.45, 7) is 10.2. The minimum Gasteiger partial charge on any atom is -0.420 e. The monoisotopic (exact) mass is 252 g/mol. The number of hydrogen-bond donors (Lipinski definition) is 0. The zero-order valence-electron chi connectivity index (χ0n) is 9.57. The van der Waals surface area contributed by atoms with E-state index >= 15 is 0 Å². The van der Waals surface area contributed by atoms with Crippen LogP contribution in [0, 0.1) is 0 Å². The van der Waals surface area contributed by atoms with Crippen LogP contribution in [-0.4, -0.2) is 33.5 Å². The second kappa shape index (κ2) is 5.01. The Hall–Kier alpha value is 0.491. The van der Waals surface area contributed by atoms with Crippen LogP contribution in [0.3, 0.4) is 0 Å². The van der Waals surface area contributed by atoms with Crippen molar-refractivity contribution in [2.24, 2.45) is 0 Å². The lowest BCUT2D eigenvalue weighted by Gasteiger charge is -2.38. The van der Waals surface area contributed by atoms with Crippen LogP contribution in [0.4, 0.5) is 0 Å². The summed E-state index contributed by atoms with van der Waals surface area (Å²) < 4.78 is 23.0. The maximum absolute atomic E-state index is 5.85. The van der Waals surface area contributed by atoms with Crippen LogP contribution in [0.5, 0.6) is 0 Å². The van der Waals surface area contributed by atoms with Gasteiger partial charge in [-0.1, -0.05) is 6.92 Å². The van der Waals surface area contributed by atoms with E-state index in [9.17, 15) is 0 Å². The molecular weight excluding hydrogens is 232 g/mol. The molecule has 0 N–H and O–H groups in total. The molecule has 3 unspecified atom stereocenters. The summed E-state index contributed by atoms with van der Waals surface area (Å²) in [7, 11) is -5.30. The highest BCUT2D eigenvalue weighted by Crippen LogP contribution is 2.21. The summed E-state index contributed by atoms with van der Waals surface area (Å²) in [4.78, 5) is 0. The van der Waals surface area contributed by atoms with Gasteiger partial charge in [-0.15, -0.1) is 0 Å². The molecule has 1 saturated heterocycles. The Balaban J connectivity index is 2.54. The minimum absolute atomic E-state index is 0.215. The molecule has 1 aliphatic heterocycles. The average molecular weight is 252 g/mol. The van der Waals surface area contributed by atoms with Gasteiger partial charge >= 0.3 is 27.4 Å². The molecule has 84 valence electrons. The molecule has 0 saturated carbocycles. The highest BCUT2D eigenvalue weighted by atomic mass is 28.5. The van der Waals surface area contributed by atoms with E-state index in [-0.39, 0.29) is 6.10 Å². The third-order valence-electron chi connectivity index (χ3n) is 2.13. The molecule has 0 amide bonds. The first-order valence-corrected chi connectivity index (χ1v) is 11.6. The quantitative estimate of drug-likeness (QED) is 0.706. The summed E-state index contributed by atoms with van der Waals surface area (Å²) in [6, 6.07) is 0. The predicted molar refractivity (Wildman–Crippen MR) is 61.7 cm³/mol. The normalized spacial score (nSPS) is 40.9. The Morgan fingerprint density at radius 2 is 1.79 bits per heavy atom. The smallest absolute Gasteiger partial charge is 0.420 e. The molecule has 4 nitrogen and oxygen atoms in total. The zero-order chi connectivity index (χ0) is 10.8. The van der Waals surface area contributed by atoms with Gasteiger partial charge in [-0.05, 0) is 26.4 Å². The fraction of sp³-hybridized carbons (Fsp3) is 1.00. The van der Waals surface area contributed by atoms with Crippen LogP contribution in [0.15, 0.2) is 0 Å². The molecule has 0 spiro atoms.